The summed E-state index contributed by atoms with van der Waals surface area (Å²) in [6, 6.07) is 3.61. The molecule has 1 N–H and O–H groups in total. The van der Waals surface area contributed by atoms with Crippen molar-refractivity contribution >= 4 is 11.6 Å². The largest absolute Gasteiger partial charge is 0.326 e. The molecule has 0 saturated carbocycles. The molecule has 3 nitrogen and oxygen atoms in total. The molecule has 1 aromatic rings. The maximum Gasteiger partial charge on any atom is 0.225 e. The molecule has 1 aliphatic heterocycles. The number of amides is 1. The van der Waals surface area contributed by atoms with Crippen LogP contribution in [-0.4, -0.2) is 30.4 Å². The first kappa shape index (κ1) is 13.9. The standard InChI is InChI=1S/C14H18F2N2O/c1-18-7-3-2-4-11(18)9-14(19)17-10-5-6-12(15)13(16)8-10/h5-6,8,11H,2-4,7,9H2,1H3,(H,17,19). The molecule has 0 radical (unpaired) electrons. The summed E-state index contributed by atoms with van der Waals surface area (Å²) in [5.74, 6) is -2.03. The highest BCUT2D eigenvalue weighted by Gasteiger charge is 2.21. The van der Waals surface area contributed by atoms with Crippen LogP contribution in [0.5, 0.6) is 0 Å². The van der Waals surface area contributed by atoms with Crippen molar-refractivity contribution in [3.8, 4) is 0 Å². The zero-order valence-corrected chi connectivity index (χ0v) is 11.0. The number of likely N-dealkylation sites (tertiary alicyclic amines) is 1. The Labute approximate surface area is 111 Å². The van der Waals surface area contributed by atoms with Gasteiger partial charge in [-0.25, -0.2) is 8.78 Å². The van der Waals surface area contributed by atoms with Gasteiger partial charge in [0.05, 0.1) is 0 Å². The summed E-state index contributed by atoms with van der Waals surface area (Å²) < 4.78 is 25.8. The third kappa shape index (κ3) is 3.73. The lowest BCUT2D eigenvalue weighted by Gasteiger charge is -2.31. The lowest BCUT2D eigenvalue weighted by Crippen LogP contribution is -2.38. The molecule has 0 spiro atoms. The number of halogens is 2. The number of anilines is 1. The van der Waals surface area contributed by atoms with Crippen molar-refractivity contribution in [3.63, 3.8) is 0 Å². The van der Waals surface area contributed by atoms with E-state index in [0.29, 0.717) is 12.1 Å². The van der Waals surface area contributed by atoms with Crippen LogP contribution in [0.1, 0.15) is 25.7 Å². The van der Waals surface area contributed by atoms with E-state index in [9.17, 15) is 13.6 Å². The average Bonchev–Trinajstić information content (AvgIpc) is 2.37. The van der Waals surface area contributed by atoms with Crippen molar-refractivity contribution in [1.29, 1.82) is 0 Å². The summed E-state index contributed by atoms with van der Waals surface area (Å²) in [6.45, 7) is 1.00. The molecule has 5 heteroatoms. The van der Waals surface area contributed by atoms with Crippen molar-refractivity contribution in [3.05, 3.63) is 29.8 Å². The molecule has 1 aliphatic rings. The van der Waals surface area contributed by atoms with E-state index in [0.717, 1.165) is 37.9 Å². The molecule has 2 rings (SSSR count). The minimum absolute atomic E-state index is 0.162. The third-order valence-corrected chi connectivity index (χ3v) is 3.55. The average molecular weight is 268 g/mol. The highest BCUT2D eigenvalue weighted by atomic mass is 19.2. The lowest BCUT2D eigenvalue weighted by molar-refractivity contribution is -0.117. The van der Waals surface area contributed by atoms with Gasteiger partial charge in [-0.15, -0.1) is 0 Å². The summed E-state index contributed by atoms with van der Waals surface area (Å²) in [6.07, 6.45) is 3.68. The van der Waals surface area contributed by atoms with Crippen LogP contribution >= 0.6 is 0 Å². The fourth-order valence-corrected chi connectivity index (χ4v) is 2.40. The number of carbonyl (C=O) groups excluding carboxylic acids is 1. The van der Waals surface area contributed by atoms with Crippen LogP contribution < -0.4 is 5.32 Å². The van der Waals surface area contributed by atoms with E-state index in [-0.39, 0.29) is 11.9 Å². The lowest BCUT2D eigenvalue weighted by atomic mass is 10.00. The second-order valence-corrected chi connectivity index (χ2v) is 5.01. The second kappa shape index (κ2) is 6.10. The highest BCUT2D eigenvalue weighted by Crippen LogP contribution is 2.19. The number of rotatable bonds is 3. The van der Waals surface area contributed by atoms with Crippen molar-refractivity contribution in [2.75, 3.05) is 18.9 Å². The second-order valence-electron chi connectivity index (χ2n) is 5.01. The van der Waals surface area contributed by atoms with E-state index < -0.39 is 11.6 Å². The number of nitrogens with zero attached hydrogens (tertiary/aromatic N) is 1. The normalized spacial score (nSPS) is 20.3. The predicted molar refractivity (Wildman–Crippen MR) is 69.9 cm³/mol. The van der Waals surface area contributed by atoms with E-state index in [1.807, 2.05) is 7.05 Å². The molecule has 104 valence electrons. The molecule has 0 aliphatic carbocycles. The molecule has 0 aromatic heterocycles. The fraction of sp³-hybridized carbons (Fsp3) is 0.500. The molecule has 1 amide bonds. The Bertz CT molecular complexity index is 465. The van der Waals surface area contributed by atoms with Crippen LogP contribution in [0.3, 0.4) is 0 Å². The first-order valence-corrected chi connectivity index (χ1v) is 6.51. The van der Waals surface area contributed by atoms with Gasteiger partial charge in [0.1, 0.15) is 0 Å². The number of hydrogen-bond acceptors (Lipinski definition) is 2. The minimum Gasteiger partial charge on any atom is -0.326 e. The smallest absolute Gasteiger partial charge is 0.225 e. The van der Waals surface area contributed by atoms with E-state index in [2.05, 4.69) is 10.2 Å². The molecule has 1 atom stereocenters. The van der Waals surface area contributed by atoms with Gasteiger partial charge in [0.15, 0.2) is 11.6 Å². The van der Waals surface area contributed by atoms with E-state index in [1.54, 1.807) is 0 Å². The zero-order valence-electron chi connectivity index (χ0n) is 11.0. The molecule has 0 bridgehead atoms. The number of carbonyl (C=O) groups is 1. The van der Waals surface area contributed by atoms with Crippen LogP contribution in [0.15, 0.2) is 18.2 Å². The number of benzene rings is 1. The summed E-state index contributed by atoms with van der Waals surface area (Å²) in [5, 5.41) is 2.61. The van der Waals surface area contributed by atoms with Gasteiger partial charge in [0.25, 0.3) is 0 Å². The summed E-state index contributed by atoms with van der Waals surface area (Å²) in [5.41, 5.74) is 0.294. The van der Waals surface area contributed by atoms with Gasteiger partial charge in [-0.2, -0.15) is 0 Å². The molecule has 1 unspecified atom stereocenters. The molecule has 1 heterocycles. The predicted octanol–water partition coefficient (Wildman–Crippen LogP) is 2.78. The SMILES string of the molecule is CN1CCCCC1CC(=O)Nc1ccc(F)c(F)c1. The van der Waals surface area contributed by atoms with Gasteiger partial charge >= 0.3 is 0 Å². The summed E-state index contributed by atoms with van der Waals surface area (Å²) >= 11 is 0. The van der Waals surface area contributed by atoms with Crippen LogP contribution in [0.2, 0.25) is 0 Å². The maximum atomic E-state index is 13.0. The van der Waals surface area contributed by atoms with Gasteiger partial charge in [-0.3, -0.25) is 4.79 Å². The summed E-state index contributed by atoms with van der Waals surface area (Å²) in [7, 11) is 2.01. The van der Waals surface area contributed by atoms with Crippen LogP contribution in [-0.2, 0) is 4.79 Å². The first-order chi connectivity index (χ1) is 9.06. The minimum atomic E-state index is -0.951. The zero-order chi connectivity index (χ0) is 13.8. The van der Waals surface area contributed by atoms with Crippen LogP contribution in [0.4, 0.5) is 14.5 Å². The van der Waals surface area contributed by atoms with Crippen LogP contribution in [0.25, 0.3) is 0 Å². The number of hydrogen-bond donors (Lipinski definition) is 1. The number of piperidine rings is 1. The van der Waals surface area contributed by atoms with Crippen molar-refractivity contribution < 1.29 is 13.6 Å². The monoisotopic (exact) mass is 268 g/mol. The topological polar surface area (TPSA) is 32.3 Å². The van der Waals surface area contributed by atoms with Crippen LogP contribution in [0, 0.1) is 11.6 Å². The van der Waals surface area contributed by atoms with Gasteiger partial charge < -0.3 is 10.2 Å². The third-order valence-electron chi connectivity index (χ3n) is 3.55. The molecular formula is C14H18F2N2O. The molecular weight excluding hydrogens is 250 g/mol. The van der Waals surface area contributed by atoms with Crippen molar-refractivity contribution in [2.45, 2.75) is 31.7 Å². The fourth-order valence-electron chi connectivity index (χ4n) is 2.40. The summed E-state index contributed by atoms with van der Waals surface area (Å²) in [4.78, 5) is 14.0. The van der Waals surface area contributed by atoms with Crippen molar-refractivity contribution in [2.24, 2.45) is 0 Å². The Kier molecular flexibility index (Phi) is 4.47. The van der Waals surface area contributed by atoms with Gasteiger partial charge in [-0.05, 0) is 38.6 Å². The van der Waals surface area contributed by atoms with Gasteiger partial charge in [0.2, 0.25) is 5.91 Å². The highest BCUT2D eigenvalue weighted by molar-refractivity contribution is 5.91. The Morgan fingerprint density at radius 1 is 1.37 bits per heavy atom. The Balaban J connectivity index is 1.91. The Hall–Kier alpha value is -1.49. The van der Waals surface area contributed by atoms with E-state index >= 15 is 0 Å². The molecule has 19 heavy (non-hydrogen) atoms. The van der Waals surface area contributed by atoms with E-state index in [1.165, 1.54) is 6.07 Å². The van der Waals surface area contributed by atoms with Gasteiger partial charge in [-0.1, -0.05) is 6.42 Å². The molecule has 1 saturated heterocycles. The Morgan fingerprint density at radius 3 is 2.84 bits per heavy atom. The Morgan fingerprint density at radius 2 is 2.16 bits per heavy atom. The van der Waals surface area contributed by atoms with Gasteiger partial charge in [0, 0.05) is 24.2 Å². The van der Waals surface area contributed by atoms with E-state index in [4.69, 9.17) is 0 Å². The quantitative estimate of drug-likeness (QED) is 0.914. The first-order valence-electron chi connectivity index (χ1n) is 6.51. The molecule has 1 fully saturated rings. The van der Waals surface area contributed by atoms with Crippen molar-refractivity contribution in [1.82, 2.24) is 4.90 Å². The maximum absolute atomic E-state index is 13.0. The molecule has 1 aromatic carbocycles. The number of nitrogens with one attached hydrogen (secondary N) is 1.